The maximum Gasteiger partial charge on any atom is 0.254 e. The van der Waals surface area contributed by atoms with Gasteiger partial charge in [0.1, 0.15) is 5.75 Å². The van der Waals surface area contributed by atoms with Crippen molar-refractivity contribution < 1.29 is 9.53 Å². The van der Waals surface area contributed by atoms with Crippen molar-refractivity contribution >= 4 is 5.91 Å². The molecule has 1 atom stereocenters. The van der Waals surface area contributed by atoms with E-state index in [1.807, 2.05) is 29.2 Å². The zero-order valence-corrected chi connectivity index (χ0v) is 12.4. The first-order valence-corrected chi connectivity index (χ1v) is 7.30. The molecule has 1 heterocycles. The van der Waals surface area contributed by atoms with Crippen LogP contribution in [0.5, 0.6) is 5.75 Å². The molecule has 1 aromatic rings. The van der Waals surface area contributed by atoms with Crippen LogP contribution in [0.4, 0.5) is 0 Å². The van der Waals surface area contributed by atoms with Crippen LogP contribution in [-0.4, -0.2) is 37.0 Å². The SMILES string of the molecule is CCCOc1cccc(C(=O)N2CCC(C)(CN)C2)c1. The minimum atomic E-state index is 0.0615. The summed E-state index contributed by atoms with van der Waals surface area (Å²) in [6.07, 6.45) is 1.93. The van der Waals surface area contributed by atoms with Gasteiger partial charge in [0.2, 0.25) is 0 Å². The Kier molecular flexibility index (Phi) is 4.65. The largest absolute Gasteiger partial charge is 0.494 e. The average molecular weight is 276 g/mol. The number of nitrogens with zero attached hydrogens (tertiary/aromatic N) is 1. The third kappa shape index (κ3) is 3.31. The van der Waals surface area contributed by atoms with Crippen molar-refractivity contribution in [2.75, 3.05) is 26.2 Å². The Morgan fingerprint density at radius 2 is 2.30 bits per heavy atom. The number of hydrogen-bond donors (Lipinski definition) is 1. The number of carbonyl (C=O) groups is 1. The first kappa shape index (κ1) is 14.9. The van der Waals surface area contributed by atoms with E-state index < -0.39 is 0 Å². The van der Waals surface area contributed by atoms with Crippen molar-refractivity contribution in [2.24, 2.45) is 11.1 Å². The Morgan fingerprint density at radius 1 is 1.50 bits per heavy atom. The zero-order chi connectivity index (χ0) is 14.6. The van der Waals surface area contributed by atoms with Crippen LogP contribution in [0, 0.1) is 5.41 Å². The summed E-state index contributed by atoms with van der Waals surface area (Å²) in [4.78, 5) is 14.4. The van der Waals surface area contributed by atoms with Gasteiger partial charge in [0, 0.05) is 18.7 Å². The van der Waals surface area contributed by atoms with E-state index in [4.69, 9.17) is 10.5 Å². The van der Waals surface area contributed by atoms with Crippen LogP contribution < -0.4 is 10.5 Å². The molecule has 0 radical (unpaired) electrons. The van der Waals surface area contributed by atoms with Crippen LogP contribution in [0.2, 0.25) is 0 Å². The van der Waals surface area contributed by atoms with Crippen molar-refractivity contribution in [3.05, 3.63) is 29.8 Å². The topological polar surface area (TPSA) is 55.6 Å². The fourth-order valence-corrected chi connectivity index (χ4v) is 2.49. The molecule has 1 fully saturated rings. The molecule has 0 spiro atoms. The van der Waals surface area contributed by atoms with Crippen LogP contribution in [0.3, 0.4) is 0 Å². The summed E-state index contributed by atoms with van der Waals surface area (Å²) in [5.74, 6) is 0.836. The highest BCUT2D eigenvalue weighted by Gasteiger charge is 2.35. The summed E-state index contributed by atoms with van der Waals surface area (Å²) in [6.45, 7) is 7.02. The third-order valence-electron chi connectivity index (χ3n) is 3.89. The lowest BCUT2D eigenvalue weighted by atomic mass is 9.90. The number of carbonyl (C=O) groups excluding carboxylic acids is 1. The summed E-state index contributed by atoms with van der Waals surface area (Å²) in [7, 11) is 0. The number of nitrogens with two attached hydrogens (primary N) is 1. The summed E-state index contributed by atoms with van der Waals surface area (Å²) in [6, 6.07) is 7.44. The molecule has 1 saturated heterocycles. The molecule has 0 aliphatic carbocycles. The van der Waals surface area contributed by atoms with Gasteiger partial charge >= 0.3 is 0 Å². The lowest BCUT2D eigenvalue weighted by Gasteiger charge is -2.22. The molecule has 1 aromatic carbocycles. The van der Waals surface area contributed by atoms with Crippen molar-refractivity contribution in [1.82, 2.24) is 4.90 Å². The number of ether oxygens (including phenoxy) is 1. The van der Waals surface area contributed by atoms with Gasteiger partial charge in [-0.3, -0.25) is 4.79 Å². The highest BCUT2D eigenvalue weighted by molar-refractivity contribution is 5.94. The van der Waals surface area contributed by atoms with Crippen molar-refractivity contribution in [2.45, 2.75) is 26.7 Å². The fraction of sp³-hybridized carbons (Fsp3) is 0.562. The molecule has 1 unspecified atom stereocenters. The van der Waals surface area contributed by atoms with E-state index in [0.717, 1.165) is 31.7 Å². The average Bonchev–Trinajstić information content (AvgIpc) is 2.88. The van der Waals surface area contributed by atoms with E-state index in [1.54, 1.807) is 0 Å². The molecule has 1 amide bonds. The highest BCUT2D eigenvalue weighted by atomic mass is 16.5. The molecular formula is C16H24N2O2. The molecular weight excluding hydrogens is 252 g/mol. The van der Waals surface area contributed by atoms with Gasteiger partial charge in [-0.1, -0.05) is 19.9 Å². The van der Waals surface area contributed by atoms with E-state index in [0.29, 0.717) is 18.7 Å². The normalized spacial score (nSPS) is 22.1. The Labute approximate surface area is 120 Å². The van der Waals surface area contributed by atoms with Gasteiger partial charge in [-0.15, -0.1) is 0 Å². The number of amides is 1. The minimum Gasteiger partial charge on any atom is -0.494 e. The highest BCUT2D eigenvalue weighted by Crippen LogP contribution is 2.29. The second-order valence-corrected chi connectivity index (χ2v) is 5.87. The molecule has 110 valence electrons. The maximum absolute atomic E-state index is 12.5. The van der Waals surface area contributed by atoms with Crippen molar-refractivity contribution in [3.63, 3.8) is 0 Å². The number of hydrogen-bond acceptors (Lipinski definition) is 3. The summed E-state index contributed by atoms with van der Waals surface area (Å²) in [5.41, 5.74) is 6.55. The van der Waals surface area contributed by atoms with E-state index in [1.165, 1.54) is 0 Å². The van der Waals surface area contributed by atoms with Gasteiger partial charge < -0.3 is 15.4 Å². The lowest BCUT2D eigenvalue weighted by molar-refractivity contribution is 0.0776. The van der Waals surface area contributed by atoms with Crippen LogP contribution in [0.15, 0.2) is 24.3 Å². The van der Waals surface area contributed by atoms with Crippen molar-refractivity contribution in [3.8, 4) is 5.75 Å². The number of rotatable bonds is 5. The van der Waals surface area contributed by atoms with Crippen LogP contribution >= 0.6 is 0 Å². The molecule has 0 saturated carbocycles. The molecule has 1 aliphatic rings. The first-order valence-electron chi connectivity index (χ1n) is 7.30. The molecule has 2 rings (SSSR count). The Morgan fingerprint density at radius 3 is 2.95 bits per heavy atom. The second kappa shape index (κ2) is 6.27. The molecule has 2 N–H and O–H groups in total. The van der Waals surface area contributed by atoms with E-state index >= 15 is 0 Å². The van der Waals surface area contributed by atoms with E-state index in [9.17, 15) is 4.79 Å². The minimum absolute atomic E-state index is 0.0615. The predicted octanol–water partition coefficient (Wildman–Crippen LogP) is 2.29. The summed E-state index contributed by atoms with van der Waals surface area (Å²) in [5, 5.41) is 0. The predicted molar refractivity (Wildman–Crippen MR) is 79.9 cm³/mol. The summed E-state index contributed by atoms with van der Waals surface area (Å²) >= 11 is 0. The van der Waals surface area contributed by atoms with E-state index in [-0.39, 0.29) is 11.3 Å². The van der Waals surface area contributed by atoms with Crippen molar-refractivity contribution in [1.29, 1.82) is 0 Å². The van der Waals surface area contributed by atoms with Gasteiger partial charge in [0.05, 0.1) is 6.61 Å². The van der Waals surface area contributed by atoms with Gasteiger partial charge in [0.15, 0.2) is 0 Å². The Balaban J connectivity index is 2.06. The molecule has 0 aromatic heterocycles. The molecule has 4 nitrogen and oxygen atoms in total. The first-order chi connectivity index (χ1) is 9.58. The second-order valence-electron chi connectivity index (χ2n) is 5.87. The van der Waals surface area contributed by atoms with Gasteiger partial charge in [-0.25, -0.2) is 0 Å². The molecule has 0 bridgehead atoms. The molecule has 1 aliphatic heterocycles. The zero-order valence-electron chi connectivity index (χ0n) is 12.4. The smallest absolute Gasteiger partial charge is 0.254 e. The standard InChI is InChI=1S/C16H24N2O2/c1-3-9-20-14-6-4-5-13(10-14)15(19)18-8-7-16(2,11-17)12-18/h4-6,10H,3,7-9,11-12,17H2,1-2H3. The fourth-order valence-electron chi connectivity index (χ4n) is 2.49. The van der Waals surface area contributed by atoms with Crippen LogP contribution in [0.25, 0.3) is 0 Å². The lowest BCUT2D eigenvalue weighted by Crippen LogP contribution is -2.34. The van der Waals surface area contributed by atoms with Crippen LogP contribution in [-0.2, 0) is 0 Å². The van der Waals surface area contributed by atoms with E-state index in [2.05, 4.69) is 13.8 Å². The van der Waals surface area contributed by atoms with Gasteiger partial charge in [-0.2, -0.15) is 0 Å². The molecule has 4 heteroatoms. The summed E-state index contributed by atoms with van der Waals surface area (Å²) < 4.78 is 5.58. The Hall–Kier alpha value is -1.55. The maximum atomic E-state index is 12.5. The molecule has 20 heavy (non-hydrogen) atoms. The monoisotopic (exact) mass is 276 g/mol. The Bertz CT molecular complexity index is 475. The van der Waals surface area contributed by atoms with Crippen LogP contribution in [0.1, 0.15) is 37.0 Å². The number of likely N-dealkylation sites (tertiary alicyclic amines) is 1. The van der Waals surface area contributed by atoms with Gasteiger partial charge in [0.25, 0.3) is 5.91 Å². The quantitative estimate of drug-likeness (QED) is 0.897. The van der Waals surface area contributed by atoms with Gasteiger partial charge in [-0.05, 0) is 43.0 Å². The third-order valence-corrected chi connectivity index (χ3v) is 3.89. The number of benzene rings is 1.